The fraction of sp³-hybridized carbons (Fsp3) is 0.125. The van der Waals surface area contributed by atoms with Gasteiger partial charge in [0.2, 0.25) is 0 Å². The molecular weight excluding hydrogens is 322 g/mol. The first-order valence-corrected chi connectivity index (χ1v) is 7.42. The third-order valence-corrected chi connectivity index (χ3v) is 3.41. The van der Waals surface area contributed by atoms with Gasteiger partial charge in [-0.05, 0) is 19.4 Å². The third kappa shape index (κ3) is 3.83. The Balaban J connectivity index is 1.79. The first-order chi connectivity index (χ1) is 12.0. The topological polar surface area (TPSA) is 111 Å². The summed E-state index contributed by atoms with van der Waals surface area (Å²) in [6.07, 6.45) is 5.00. The van der Waals surface area contributed by atoms with E-state index in [0.29, 0.717) is 22.9 Å². The van der Waals surface area contributed by atoms with Crippen LogP contribution in [0.4, 0.5) is 11.5 Å². The Morgan fingerprint density at radius 2 is 2.16 bits per heavy atom. The average molecular weight is 337 g/mol. The van der Waals surface area contributed by atoms with Crippen LogP contribution in [0, 0.1) is 17.0 Å². The molecule has 25 heavy (non-hydrogen) atoms. The summed E-state index contributed by atoms with van der Waals surface area (Å²) in [5.74, 6) is 1.09. The van der Waals surface area contributed by atoms with Crippen molar-refractivity contribution in [3.63, 3.8) is 0 Å². The zero-order chi connectivity index (χ0) is 17.8. The molecule has 0 amide bonds. The molecule has 0 spiro atoms. The van der Waals surface area contributed by atoms with Crippen LogP contribution in [0.2, 0.25) is 0 Å². The second-order valence-electron chi connectivity index (χ2n) is 5.34. The minimum absolute atomic E-state index is 0.0189. The maximum atomic E-state index is 10.9. The van der Waals surface area contributed by atoms with Crippen molar-refractivity contribution < 1.29 is 4.92 Å². The van der Waals surface area contributed by atoms with Gasteiger partial charge in [0.25, 0.3) is 5.69 Å². The van der Waals surface area contributed by atoms with Crippen molar-refractivity contribution >= 4 is 17.2 Å². The van der Waals surface area contributed by atoms with Gasteiger partial charge < -0.3 is 0 Å². The molecule has 0 fully saturated rings. The molecule has 9 heteroatoms. The Labute approximate surface area is 143 Å². The quantitative estimate of drug-likeness (QED) is 0.435. The Morgan fingerprint density at radius 1 is 1.32 bits per heavy atom. The van der Waals surface area contributed by atoms with Crippen LogP contribution in [0.3, 0.4) is 0 Å². The number of hydrogen-bond acceptors (Lipinski definition) is 7. The lowest BCUT2D eigenvalue weighted by atomic mass is 10.1. The number of benzene rings is 1. The van der Waals surface area contributed by atoms with E-state index >= 15 is 0 Å². The number of aryl methyl sites for hydroxylation is 1. The molecule has 1 aromatic carbocycles. The Kier molecular flexibility index (Phi) is 4.46. The third-order valence-electron chi connectivity index (χ3n) is 3.41. The summed E-state index contributed by atoms with van der Waals surface area (Å²) in [5, 5.41) is 19.3. The number of rotatable bonds is 5. The summed E-state index contributed by atoms with van der Waals surface area (Å²) in [6.45, 7) is 3.70. The normalized spacial score (nSPS) is 11.4. The number of nitro groups is 1. The molecule has 0 atom stereocenters. The number of aromatic nitrogens is 4. The number of nitrogens with one attached hydrogen (secondary N) is 1. The molecule has 0 aliphatic carbocycles. The van der Waals surface area contributed by atoms with Crippen LogP contribution < -0.4 is 5.43 Å². The van der Waals surface area contributed by atoms with Gasteiger partial charge in [-0.1, -0.05) is 12.1 Å². The predicted octanol–water partition coefficient (Wildman–Crippen LogP) is 2.72. The Morgan fingerprint density at radius 3 is 2.88 bits per heavy atom. The van der Waals surface area contributed by atoms with Crippen molar-refractivity contribution in [1.29, 1.82) is 0 Å². The second kappa shape index (κ2) is 6.87. The minimum atomic E-state index is -0.438. The van der Waals surface area contributed by atoms with Crippen LogP contribution in [-0.2, 0) is 0 Å². The average Bonchev–Trinajstić information content (AvgIpc) is 3.06. The van der Waals surface area contributed by atoms with Gasteiger partial charge in [-0.25, -0.2) is 14.6 Å². The van der Waals surface area contributed by atoms with E-state index in [9.17, 15) is 10.1 Å². The van der Waals surface area contributed by atoms with E-state index in [0.717, 1.165) is 5.56 Å². The highest BCUT2D eigenvalue weighted by Crippen LogP contribution is 2.14. The number of non-ortho nitro benzene ring substituents is 1. The van der Waals surface area contributed by atoms with Crippen molar-refractivity contribution in [2.24, 2.45) is 5.10 Å². The van der Waals surface area contributed by atoms with Crippen LogP contribution in [-0.4, -0.2) is 30.4 Å². The SMILES string of the molecule is C/C(=N/Nc1cc(-n2cc(C)cn2)ncn1)c1cccc([N+](=O)[O-])c1. The van der Waals surface area contributed by atoms with E-state index in [1.54, 1.807) is 36.0 Å². The van der Waals surface area contributed by atoms with Crippen molar-refractivity contribution in [2.45, 2.75) is 13.8 Å². The van der Waals surface area contributed by atoms with Gasteiger partial charge >= 0.3 is 0 Å². The van der Waals surface area contributed by atoms with Crippen LogP contribution in [0.1, 0.15) is 18.1 Å². The van der Waals surface area contributed by atoms with Gasteiger partial charge in [-0.15, -0.1) is 0 Å². The molecule has 0 saturated heterocycles. The maximum absolute atomic E-state index is 10.9. The highest BCUT2D eigenvalue weighted by molar-refractivity contribution is 5.99. The highest BCUT2D eigenvalue weighted by atomic mass is 16.6. The molecule has 2 aromatic heterocycles. The van der Waals surface area contributed by atoms with Gasteiger partial charge in [0.1, 0.15) is 6.33 Å². The molecule has 0 unspecified atom stereocenters. The summed E-state index contributed by atoms with van der Waals surface area (Å²) in [6, 6.07) is 7.99. The minimum Gasteiger partial charge on any atom is -0.261 e. The van der Waals surface area contributed by atoms with Gasteiger partial charge in [0.05, 0.1) is 16.8 Å². The molecule has 1 N–H and O–H groups in total. The molecule has 9 nitrogen and oxygen atoms in total. The fourth-order valence-corrected chi connectivity index (χ4v) is 2.12. The number of anilines is 1. The molecule has 0 saturated carbocycles. The lowest BCUT2D eigenvalue weighted by molar-refractivity contribution is -0.384. The van der Waals surface area contributed by atoms with E-state index in [-0.39, 0.29) is 5.69 Å². The summed E-state index contributed by atoms with van der Waals surface area (Å²) in [4.78, 5) is 18.7. The molecule has 0 aliphatic heterocycles. The molecule has 3 rings (SSSR count). The van der Waals surface area contributed by atoms with Crippen molar-refractivity contribution in [3.8, 4) is 5.82 Å². The van der Waals surface area contributed by atoms with E-state index < -0.39 is 4.92 Å². The predicted molar refractivity (Wildman–Crippen MR) is 92.8 cm³/mol. The summed E-state index contributed by atoms with van der Waals surface area (Å²) < 4.78 is 1.64. The summed E-state index contributed by atoms with van der Waals surface area (Å²) in [7, 11) is 0. The molecule has 3 aromatic rings. The Bertz CT molecular complexity index is 949. The lowest BCUT2D eigenvalue weighted by Gasteiger charge is -2.05. The van der Waals surface area contributed by atoms with Crippen LogP contribution in [0.5, 0.6) is 0 Å². The number of nitro benzene ring substituents is 1. The number of hydrogen-bond donors (Lipinski definition) is 1. The summed E-state index contributed by atoms with van der Waals surface area (Å²) in [5.41, 5.74) is 5.12. The molecule has 2 heterocycles. The van der Waals surface area contributed by atoms with E-state index in [4.69, 9.17) is 0 Å². The highest BCUT2D eigenvalue weighted by Gasteiger charge is 2.07. The molecule has 0 bridgehead atoms. The maximum Gasteiger partial charge on any atom is 0.270 e. The molecule has 0 radical (unpaired) electrons. The van der Waals surface area contributed by atoms with Gasteiger partial charge in [0.15, 0.2) is 11.6 Å². The van der Waals surface area contributed by atoms with Crippen LogP contribution in [0.15, 0.2) is 54.2 Å². The van der Waals surface area contributed by atoms with Gasteiger partial charge in [-0.3, -0.25) is 15.5 Å². The number of nitrogens with zero attached hydrogens (tertiary/aromatic N) is 6. The molecule has 126 valence electrons. The number of hydrazone groups is 1. The zero-order valence-electron chi connectivity index (χ0n) is 13.6. The first-order valence-electron chi connectivity index (χ1n) is 7.42. The second-order valence-corrected chi connectivity index (χ2v) is 5.34. The van der Waals surface area contributed by atoms with E-state index in [1.165, 1.54) is 18.5 Å². The monoisotopic (exact) mass is 337 g/mol. The van der Waals surface area contributed by atoms with E-state index in [2.05, 4.69) is 25.6 Å². The van der Waals surface area contributed by atoms with E-state index in [1.807, 2.05) is 13.1 Å². The van der Waals surface area contributed by atoms with Crippen LogP contribution in [0.25, 0.3) is 5.82 Å². The zero-order valence-corrected chi connectivity index (χ0v) is 13.6. The molecule has 0 aliphatic rings. The first kappa shape index (κ1) is 16.2. The van der Waals surface area contributed by atoms with Crippen LogP contribution >= 0.6 is 0 Å². The van der Waals surface area contributed by atoms with Gasteiger partial charge in [0, 0.05) is 30.0 Å². The van der Waals surface area contributed by atoms with Crippen molar-refractivity contribution in [3.05, 3.63) is 70.3 Å². The standard InChI is InChI=1S/C16H15N7O2/c1-11-8-19-22(9-11)16-7-15(17-10-18-16)21-20-12(2)13-4-3-5-14(6-13)23(24)25/h3-10H,1-2H3,(H,17,18,21)/b20-12-. The summed E-state index contributed by atoms with van der Waals surface area (Å²) >= 11 is 0. The van der Waals surface area contributed by atoms with Crippen molar-refractivity contribution in [1.82, 2.24) is 19.7 Å². The Hall–Kier alpha value is -3.62. The lowest BCUT2D eigenvalue weighted by Crippen LogP contribution is -2.04. The largest absolute Gasteiger partial charge is 0.270 e. The van der Waals surface area contributed by atoms with Gasteiger partial charge in [-0.2, -0.15) is 10.2 Å². The molecular formula is C16H15N7O2. The fourth-order valence-electron chi connectivity index (χ4n) is 2.12. The smallest absolute Gasteiger partial charge is 0.261 e. The van der Waals surface area contributed by atoms with Crippen molar-refractivity contribution in [2.75, 3.05) is 5.43 Å².